The molecule has 0 aliphatic rings. The third kappa shape index (κ3) is 4.01. The van der Waals surface area contributed by atoms with Gasteiger partial charge < -0.3 is 10.1 Å². The summed E-state index contributed by atoms with van der Waals surface area (Å²) in [5.41, 5.74) is 0.329. The van der Waals surface area contributed by atoms with E-state index in [9.17, 15) is 14.4 Å². The van der Waals surface area contributed by atoms with Gasteiger partial charge in [0.2, 0.25) is 0 Å². The van der Waals surface area contributed by atoms with Crippen LogP contribution in [0.3, 0.4) is 0 Å². The molecule has 2 aromatic carbocycles. The number of ether oxygens (including phenoxy) is 1. The Balaban J connectivity index is 1.75. The van der Waals surface area contributed by atoms with E-state index in [0.717, 1.165) is 9.58 Å². The van der Waals surface area contributed by atoms with Crippen LogP contribution < -0.4 is 10.9 Å². The first kappa shape index (κ1) is 18.7. The van der Waals surface area contributed by atoms with E-state index in [0.29, 0.717) is 16.5 Å². The Bertz CT molecular complexity index is 1080. The van der Waals surface area contributed by atoms with E-state index in [4.69, 9.17) is 4.74 Å². The van der Waals surface area contributed by atoms with Gasteiger partial charge in [-0.1, -0.05) is 30.3 Å². The molecule has 3 aromatic rings. The van der Waals surface area contributed by atoms with E-state index in [2.05, 4.69) is 10.4 Å². The van der Waals surface area contributed by atoms with Crippen molar-refractivity contribution in [3.05, 3.63) is 64.6 Å². The number of nitrogens with zero attached hydrogens (tertiary/aromatic N) is 2. The number of aromatic nitrogens is 2. The van der Waals surface area contributed by atoms with Gasteiger partial charge in [-0.3, -0.25) is 9.59 Å². The molecule has 0 spiro atoms. The number of carbonyl (C=O) groups is 2. The number of hydrogen-bond acceptors (Lipinski definition) is 6. The molecular formula is C19H17N3O4S. The lowest BCUT2D eigenvalue weighted by Crippen LogP contribution is -2.26. The molecule has 0 unspecified atom stereocenters. The van der Waals surface area contributed by atoms with Gasteiger partial charge in [0.1, 0.15) is 0 Å². The molecule has 0 radical (unpaired) electrons. The standard InChI is InChI=1S/C19H17N3O4S/c1-22-18(24)13-8-4-3-7-12(13)17(21-22)19(25)26-11-16(23)20-14-9-5-6-10-15(14)27-2/h3-10H,11H2,1-2H3,(H,20,23). The van der Waals surface area contributed by atoms with Gasteiger partial charge >= 0.3 is 5.97 Å². The van der Waals surface area contributed by atoms with Gasteiger partial charge in [0.25, 0.3) is 11.5 Å². The average molecular weight is 383 g/mol. The number of rotatable bonds is 5. The van der Waals surface area contributed by atoms with Crippen LogP contribution in [0.5, 0.6) is 0 Å². The molecule has 138 valence electrons. The Morgan fingerprint density at radius 3 is 2.52 bits per heavy atom. The molecule has 0 bridgehead atoms. The number of carbonyl (C=O) groups excluding carboxylic acids is 2. The third-order valence-corrected chi connectivity index (χ3v) is 4.66. The molecule has 0 atom stereocenters. The van der Waals surface area contributed by atoms with Crippen LogP contribution >= 0.6 is 11.8 Å². The van der Waals surface area contributed by atoms with Crippen LogP contribution in [0, 0.1) is 0 Å². The molecule has 0 aliphatic carbocycles. The summed E-state index contributed by atoms with van der Waals surface area (Å²) in [6, 6.07) is 14.0. The van der Waals surface area contributed by atoms with Crippen LogP contribution in [0.1, 0.15) is 10.5 Å². The van der Waals surface area contributed by atoms with Crippen molar-refractivity contribution in [1.29, 1.82) is 0 Å². The summed E-state index contributed by atoms with van der Waals surface area (Å²) in [4.78, 5) is 37.6. The second kappa shape index (κ2) is 8.05. The molecule has 0 fully saturated rings. The lowest BCUT2D eigenvalue weighted by molar-refractivity contribution is -0.119. The van der Waals surface area contributed by atoms with Crippen LogP contribution in [0.15, 0.2) is 58.2 Å². The zero-order valence-corrected chi connectivity index (χ0v) is 15.6. The number of hydrogen-bond donors (Lipinski definition) is 1. The Morgan fingerprint density at radius 1 is 1.11 bits per heavy atom. The van der Waals surface area contributed by atoms with Gasteiger partial charge in [0, 0.05) is 17.3 Å². The highest BCUT2D eigenvalue weighted by molar-refractivity contribution is 7.98. The maximum absolute atomic E-state index is 12.4. The van der Waals surface area contributed by atoms with Gasteiger partial charge in [-0.2, -0.15) is 5.10 Å². The predicted octanol–water partition coefficient (Wildman–Crippen LogP) is 2.45. The summed E-state index contributed by atoms with van der Waals surface area (Å²) in [5.74, 6) is -1.23. The van der Waals surface area contributed by atoms with Crippen molar-refractivity contribution in [1.82, 2.24) is 9.78 Å². The van der Waals surface area contributed by atoms with Crippen molar-refractivity contribution < 1.29 is 14.3 Å². The molecule has 27 heavy (non-hydrogen) atoms. The van der Waals surface area contributed by atoms with Gasteiger partial charge in [0.15, 0.2) is 12.3 Å². The number of thioether (sulfide) groups is 1. The zero-order chi connectivity index (χ0) is 19.4. The fourth-order valence-electron chi connectivity index (χ4n) is 2.58. The van der Waals surface area contributed by atoms with Crippen molar-refractivity contribution in [3.8, 4) is 0 Å². The molecule has 1 N–H and O–H groups in total. The van der Waals surface area contributed by atoms with E-state index in [1.807, 2.05) is 24.5 Å². The van der Waals surface area contributed by atoms with Gasteiger partial charge in [-0.25, -0.2) is 9.48 Å². The van der Waals surface area contributed by atoms with E-state index in [-0.39, 0.29) is 11.3 Å². The maximum Gasteiger partial charge on any atom is 0.359 e. The monoisotopic (exact) mass is 383 g/mol. The second-order valence-corrected chi connectivity index (χ2v) is 6.50. The fraction of sp³-hybridized carbons (Fsp3) is 0.158. The Labute approximate surface area is 159 Å². The number of aryl methyl sites for hydroxylation is 1. The second-order valence-electron chi connectivity index (χ2n) is 5.65. The highest BCUT2D eigenvalue weighted by atomic mass is 32.2. The molecule has 3 rings (SSSR count). The van der Waals surface area contributed by atoms with Crippen LogP contribution in [-0.4, -0.2) is 34.5 Å². The van der Waals surface area contributed by atoms with Crippen molar-refractivity contribution in [3.63, 3.8) is 0 Å². The minimum Gasteiger partial charge on any atom is -0.451 e. The lowest BCUT2D eigenvalue weighted by Gasteiger charge is -2.10. The lowest BCUT2D eigenvalue weighted by atomic mass is 10.1. The summed E-state index contributed by atoms with van der Waals surface area (Å²) < 4.78 is 6.18. The first-order valence-corrected chi connectivity index (χ1v) is 9.29. The Hall–Kier alpha value is -3.13. The highest BCUT2D eigenvalue weighted by Gasteiger charge is 2.18. The number of amides is 1. The summed E-state index contributed by atoms with van der Waals surface area (Å²) in [7, 11) is 1.46. The average Bonchev–Trinajstić information content (AvgIpc) is 2.69. The molecule has 1 amide bonds. The normalized spacial score (nSPS) is 10.6. The Morgan fingerprint density at radius 2 is 1.78 bits per heavy atom. The number of esters is 1. The van der Waals surface area contributed by atoms with E-state index in [1.165, 1.54) is 18.8 Å². The van der Waals surface area contributed by atoms with Crippen LogP contribution in [0.2, 0.25) is 0 Å². The van der Waals surface area contributed by atoms with E-state index < -0.39 is 18.5 Å². The summed E-state index contributed by atoms with van der Waals surface area (Å²) in [6.07, 6.45) is 1.90. The minimum absolute atomic E-state index is 0.00925. The molecular weight excluding hydrogens is 366 g/mol. The van der Waals surface area contributed by atoms with Gasteiger partial charge in [-0.15, -0.1) is 11.8 Å². The molecule has 0 saturated carbocycles. The third-order valence-electron chi connectivity index (χ3n) is 3.87. The summed E-state index contributed by atoms with van der Waals surface area (Å²) in [5, 5.41) is 7.45. The smallest absolute Gasteiger partial charge is 0.359 e. The Kier molecular flexibility index (Phi) is 5.56. The number of fused-ring (bicyclic) bond motifs is 1. The van der Waals surface area contributed by atoms with Crippen molar-refractivity contribution >= 4 is 40.1 Å². The number of anilines is 1. The highest BCUT2D eigenvalue weighted by Crippen LogP contribution is 2.24. The topological polar surface area (TPSA) is 90.3 Å². The van der Waals surface area contributed by atoms with E-state index >= 15 is 0 Å². The summed E-state index contributed by atoms with van der Waals surface area (Å²) in [6.45, 7) is -0.458. The SMILES string of the molecule is CSc1ccccc1NC(=O)COC(=O)c1nn(C)c(=O)c2ccccc12. The van der Waals surface area contributed by atoms with Crippen molar-refractivity contribution in [2.75, 3.05) is 18.2 Å². The zero-order valence-electron chi connectivity index (χ0n) is 14.8. The molecule has 1 heterocycles. The largest absolute Gasteiger partial charge is 0.451 e. The van der Waals surface area contributed by atoms with Crippen LogP contribution in [0.25, 0.3) is 10.8 Å². The fourth-order valence-corrected chi connectivity index (χ4v) is 3.14. The van der Waals surface area contributed by atoms with Crippen molar-refractivity contribution in [2.24, 2.45) is 7.05 Å². The number of para-hydroxylation sites is 1. The molecule has 7 nitrogen and oxygen atoms in total. The van der Waals surface area contributed by atoms with Gasteiger partial charge in [0.05, 0.1) is 11.1 Å². The molecule has 8 heteroatoms. The first-order chi connectivity index (χ1) is 13.0. The van der Waals surface area contributed by atoms with Gasteiger partial charge in [-0.05, 0) is 24.5 Å². The number of benzene rings is 2. The maximum atomic E-state index is 12.4. The molecule has 0 saturated heterocycles. The summed E-state index contributed by atoms with van der Waals surface area (Å²) >= 11 is 1.50. The van der Waals surface area contributed by atoms with Crippen molar-refractivity contribution in [2.45, 2.75) is 4.90 Å². The quantitative estimate of drug-likeness (QED) is 0.538. The number of nitrogens with one attached hydrogen (secondary N) is 1. The van der Waals surface area contributed by atoms with Crippen LogP contribution in [0.4, 0.5) is 5.69 Å². The minimum atomic E-state index is -0.768. The van der Waals surface area contributed by atoms with Crippen LogP contribution in [-0.2, 0) is 16.6 Å². The molecule has 1 aromatic heterocycles. The first-order valence-electron chi connectivity index (χ1n) is 8.07. The molecule has 0 aliphatic heterocycles. The van der Waals surface area contributed by atoms with E-state index in [1.54, 1.807) is 30.3 Å². The predicted molar refractivity (Wildman–Crippen MR) is 104 cm³/mol.